The standard InChI is InChI=1S/C16H30N2O/c1-12(15(2,3)4)14(19)18-10-8-16(9-11-18)7-5-6-13(16)17/h12-13H,5-11,17H2,1-4H3. The molecule has 0 bridgehead atoms. The topological polar surface area (TPSA) is 46.3 Å². The van der Waals surface area contributed by atoms with Gasteiger partial charge in [0.25, 0.3) is 0 Å². The van der Waals surface area contributed by atoms with Gasteiger partial charge >= 0.3 is 0 Å². The molecule has 1 spiro atoms. The van der Waals surface area contributed by atoms with Crippen molar-refractivity contribution in [2.24, 2.45) is 22.5 Å². The number of carbonyl (C=O) groups is 1. The van der Waals surface area contributed by atoms with Gasteiger partial charge in [0, 0.05) is 25.0 Å². The molecule has 1 heterocycles. The average molecular weight is 266 g/mol. The number of hydrogen-bond acceptors (Lipinski definition) is 2. The van der Waals surface area contributed by atoms with E-state index < -0.39 is 0 Å². The molecule has 1 aliphatic heterocycles. The summed E-state index contributed by atoms with van der Waals surface area (Å²) in [6, 6.07) is 0.366. The molecule has 2 aliphatic rings. The summed E-state index contributed by atoms with van der Waals surface area (Å²) >= 11 is 0. The Kier molecular flexibility index (Phi) is 3.97. The van der Waals surface area contributed by atoms with Crippen LogP contribution in [0.4, 0.5) is 0 Å². The molecule has 2 N–H and O–H groups in total. The molecule has 0 radical (unpaired) electrons. The van der Waals surface area contributed by atoms with Gasteiger partial charge in [-0.15, -0.1) is 0 Å². The third-order valence-corrected chi connectivity index (χ3v) is 5.72. The van der Waals surface area contributed by atoms with Crippen molar-refractivity contribution in [3.8, 4) is 0 Å². The van der Waals surface area contributed by atoms with E-state index in [1.807, 2.05) is 0 Å². The van der Waals surface area contributed by atoms with Crippen LogP contribution in [0.1, 0.15) is 59.8 Å². The Morgan fingerprint density at radius 3 is 2.26 bits per heavy atom. The molecule has 2 unspecified atom stereocenters. The van der Waals surface area contributed by atoms with E-state index in [-0.39, 0.29) is 11.3 Å². The molecular formula is C16H30N2O. The second kappa shape index (κ2) is 5.08. The van der Waals surface area contributed by atoms with Crippen LogP contribution in [0.5, 0.6) is 0 Å². The van der Waals surface area contributed by atoms with Crippen LogP contribution in [0, 0.1) is 16.7 Å². The summed E-state index contributed by atoms with van der Waals surface area (Å²) in [5, 5.41) is 0. The maximum absolute atomic E-state index is 12.5. The van der Waals surface area contributed by atoms with E-state index in [0.717, 1.165) is 25.9 Å². The van der Waals surface area contributed by atoms with Crippen molar-refractivity contribution >= 4 is 5.91 Å². The second-order valence-electron chi connectivity index (χ2n) is 7.77. The first-order valence-corrected chi connectivity index (χ1v) is 7.81. The highest BCUT2D eigenvalue weighted by molar-refractivity contribution is 5.79. The number of rotatable bonds is 1. The molecule has 0 aromatic rings. The number of nitrogens with zero attached hydrogens (tertiary/aromatic N) is 1. The molecule has 1 saturated carbocycles. The van der Waals surface area contributed by atoms with E-state index in [4.69, 9.17) is 5.73 Å². The highest BCUT2D eigenvalue weighted by atomic mass is 16.2. The number of likely N-dealkylation sites (tertiary alicyclic amines) is 1. The third-order valence-electron chi connectivity index (χ3n) is 5.72. The van der Waals surface area contributed by atoms with E-state index in [0.29, 0.717) is 17.4 Å². The van der Waals surface area contributed by atoms with E-state index in [1.165, 1.54) is 19.3 Å². The van der Waals surface area contributed by atoms with Crippen molar-refractivity contribution in [2.75, 3.05) is 13.1 Å². The molecule has 1 aliphatic carbocycles. The van der Waals surface area contributed by atoms with Crippen LogP contribution >= 0.6 is 0 Å². The van der Waals surface area contributed by atoms with Crippen molar-refractivity contribution in [3.63, 3.8) is 0 Å². The van der Waals surface area contributed by atoms with Gasteiger partial charge < -0.3 is 10.6 Å². The van der Waals surface area contributed by atoms with Gasteiger partial charge in [-0.2, -0.15) is 0 Å². The summed E-state index contributed by atoms with van der Waals surface area (Å²) in [6.45, 7) is 10.3. The number of carbonyl (C=O) groups excluding carboxylic acids is 1. The maximum atomic E-state index is 12.5. The number of piperidine rings is 1. The van der Waals surface area contributed by atoms with Gasteiger partial charge in [0.05, 0.1) is 0 Å². The summed E-state index contributed by atoms with van der Waals surface area (Å²) in [6.07, 6.45) is 5.93. The molecule has 2 fully saturated rings. The van der Waals surface area contributed by atoms with Crippen LogP contribution in [0.15, 0.2) is 0 Å². The van der Waals surface area contributed by atoms with Gasteiger partial charge in [-0.1, -0.05) is 34.1 Å². The lowest BCUT2D eigenvalue weighted by Gasteiger charge is -2.43. The molecule has 1 saturated heterocycles. The lowest BCUT2D eigenvalue weighted by Crippen LogP contribution is -2.50. The molecular weight excluding hydrogens is 236 g/mol. The minimum Gasteiger partial charge on any atom is -0.342 e. The van der Waals surface area contributed by atoms with Crippen LogP contribution in [-0.4, -0.2) is 29.9 Å². The predicted octanol–water partition coefficient (Wildman–Crippen LogP) is 2.79. The van der Waals surface area contributed by atoms with Crippen molar-refractivity contribution in [1.82, 2.24) is 4.90 Å². The Balaban J connectivity index is 1.95. The maximum Gasteiger partial charge on any atom is 0.225 e. The lowest BCUT2D eigenvalue weighted by atomic mass is 9.73. The van der Waals surface area contributed by atoms with Gasteiger partial charge in [0.2, 0.25) is 5.91 Å². The van der Waals surface area contributed by atoms with Crippen molar-refractivity contribution < 1.29 is 4.79 Å². The molecule has 0 aromatic heterocycles. The summed E-state index contributed by atoms with van der Waals surface area (Å²) < 4.78 is 0. The average Bonchev–Trinajstić information content (AvgIpc) is 2.69. The Morgan fingerprint density at radius 2 is 1.84 bits per heavy atom. The molecule has 2 atom stereocenters. The molecule has 19 heavy (non-hydrogen) atoms. The second-order valence-corrected chi connectivity index (χ2v) is 7.77. The number of nitrogens with two attached hydrogens (primary N) is 1. The smallest absolute Gasteiger partial charge is 0.225 e. The summed E-state index contributed by atoms with van der Waals surface area (Å²) in [5.41, 5.74) is 6.69. The Bertz CT molecular complexity index is 337. The Morgan fingerprint density at radius 1 is 1.26 bits per heavy atom. The molecule has 1 amide bonds. The quantitative estimate of drug-likeness (QED) is 0.793. The SMILES string of the molecule is CC(C(=O)N1CCC2(CCCC2N)CC1)C(C)(C)C. The number of amides is 1. The summed E-state index contributed by atoms with van der Waals surface area (Å²) in [5.74, 6) is 0.424. The Hall–Kier alpha value is -0.570. The van der Waals surface area contributed by atoms with Crippen LogP contribution in [0.2, 0.25) is 0 Å². The van der Waals surface area contributed by atoms with E-state index in [2.05, 4.69) is 32.6 Å². The minimum absolute atomic E-state index is 0.0516. The van der Waals surface area contributed by atoms with Crippen molar-refractivity contribution in [2.45, 2.75) is 65.8 Å². The molecule has 3 heteroatoms. The molecule has 0 aromatic carbocycles. The van der Waals surface area contributed by atoms with Gasteiger partial charge in [-0.05, 0) is 36.5 Å². The first-order valence-electron chi connectivity index (χ1n) is 7.81. The molecule has 110 valence electrons. The molecule has 3 nitrogen and oxygen atoms in total. The summed E-state index contributed by atoms with van der Waals surface area (Å²) in [4.78, 5) is 14.6. The first-order chi connectivity index (χ1) is 8.76. The highest BCUT2D eigenvalue weighted by Gasteiger charge is 2.44. The van der Waals surface area contributed by atoms with Crippen LogP contribution < -0.4 is 5.73 Å². The zero-order valence-corrected chi connectivity index (χ0v) is 13.0. The fourth-order valence-electron chi connectivity index (χ4n) is 3.60. The third kappa shape index (κ3) is 2.81. The minimum atomic E-state index is 0.0516. The fraction of sp³-hybridized carbons (Fsp3) is 0.938. The predicted molar refractivity (Wildman–Crippen MR) is 78.7 cm³/mol. The largest absolute Gasteiger partial charge is 0.342 e. The van der Waals surface area contributed by atoms with Gasteiger partial charge in [0.15, 0.2) is 0 Å². The van der Waals surface area contributed by atoms with Crippen LogP contribution in [-0.2, 0) is 4.79 Å². The van der Waals surface area contributed by atoms with Crippen molar-refractivity contribution in [3.05, 3.63) is 0 Å². The van der Waals surface area contributed by atoms with Crippen LogP contribution in [0.3, 0.4) is 0 Å². The molecule has 2 rings (SSSR count). The number of hydrogen-bond donors (Lipinski definition) is 1. The van der Waals surface area contributed by atoms with Crippen LogP contribution in [0.25, 0.3) is 0 Å². The highest BCUT2D eigenvalue weighted by Crippen LogP contribution is 2.45. The van der Waals surface area contributed by atoms with E-state index in [9.17, 15) is 4.79 Å². The van der Waals surface area contributed by atoms with Gasteiger partial charge in [-0.3, -0.25) is 4.79 Å². The van der Waals surface area contributed by atoms with E-state index >= 15 is 0 Å². The zero-order chi connectivity index (χ0) is 14.3. The summed E-state index contributed by atoms with van der Waals surface area (Å²) in [7, 11) is 0. The monoisotopic (exact) mass is 266 g/mol. The van der Waals surface area contributed by atoms with E-state index in [1.54, 1.807) is 0 Å². The van der Waals surface area contributed by atoms with Gasteiger partial charge in [-0.25, -0.2) is 0 Å². The Labute approximate surface area is 117 Å². The normalized spacial score (nSPS) is 28.7. The zero-order valence-electron chi connectivity index (χ0n) is 13.0. The first kappa shape index (κ1) is 14.8. The van der Waals surface area contributed by atoms with Gasteiger partial charge in [0.1, 0.15) is 0 Å². The van der Waals surface area contributed by atoms with Crippen molar-refractivity contribution in [1.29, 1.82) is 0 Å². The fourth-order valence-corrected chi connectivity index (χ4v) is 3.60. The lowest BCUT2D eigenvalue weighted by molar-refractivity contribution is -0.140.